The van der Waals surface area contributed by atoms with Crippen molar-refractivity contribution in [2.75, 3.05) is 0 Å². The third-order valence-electron chi connectivity index (χ3n) is 8.68. The summed E-state index contributed by atoms with van der Waals surface area (Å²) >= 11 is 1.07. The van der Waals surface area contributed by atoms with Gasteiger partial charge in [0.2, 0.25) is 0 Å². The van der Waals surface area contributed by atoms with Gasteiger partial charge in [-0.1, -0.05) is 151 Å². The van der Waals surface area contributed by atoms with Crippen LogP contribution in [0.2, 0.25) is 0 Å². The quantitative estimate of drug-likeness (QED) is 0.136. The molecule has 0 saturated heterocycles. The molecule has 8 rings (SSSR count). The predicted octanol–water partition coefficient (Wildman–Crippen LogP) is 10.7. The third-order valence-corrected chi connectivity index (χ3v) is 9.56. The summed E-state index contributed by atoms with van der Waals surface area (Å²) in [5, 5.41) is 17.4. The Labute approximate surface area is 291 Å². The van der Waals surface area contributed by atoms with Gasteiger partial charge in [0.05, 0.1) is 0 Å². The highest BCUT2D eigenvalue weighted by Gasteiger charge is 2.44. The first-order chi connectivity index (χ1) is 24.3. The van der Waals surface area contributed by atoms with Crippen molar-refractivity contribution in [1.29, 1.82) is 10.8 Å². The molecule has 0 unspecified atom stereocenters. The number of fused-ring (bicyclic) bond motifs is 3. The largest absolute Gasteiger partial charge is 0.299 e. The number of hydrogen-bond donors (Lipinski definition) is 2. The SMILES string of the molecule is N=C(SC(=N)c1ccc(-c2ccc3c(c2)C(F)(F)c2cc(-c4nc(-c5ccccc5)nc(-c5ccccc5)n4)ccc2-3)cc1)c1ccccc1. The summed E-state index contributed by atoms with van der Waals surface area (Å²) in [4.78, 5) is 14.2. The van der Waals surface area contributed by atoms with Crippen LogP contribution in [0.25, 0.3) is 56.4 Å². The zero-order chi connectivity index (χ0) is 34.2. The van der Waals surface area contributed by atoms with Gasteiger partial charge < -0.3 is 0 Å². The molecule has 0 aliphatic heterocycles. The normalized spacial score (nSPS) is 12.6. The summed E-state index contributed by atoms with van der Waals surface area (Å²) in [5.74, 6) is -2.01. The number of nitrogens with one attached hydrogen (secondary N) is 2. The highest BCUT2D eigenvalue weighted by molar-refractivity contribution is 8.27. The fourth-order valence-electron chi connectivity index (χ4n) is 6.10. The molecule has 0 spiro atoms. The van der Waals surface area contributed by atoms with Gasteiger partial charge in [0.1, 0.15) is 10.1 Å². The van der Waals surface area contributed by atoms with E-state index in [0.717, 1.165) is 34.0 Å². The molecule has 2 N–H and O–H groups in total. The molecule has 6 aromatic carbocycles. The average molecular weight is 672 g/mol. The Morgan fingerprint density at radius 2 is 0.840 bits per heavy atom. The highest BCUT2D eigenvalue weighted by Crippen LogP contribution is 2.52. The Kier molecular flexibility index (Phi) is 7.93. The molecule has 1 aromatic heterocycles. The predicted molar refractivity (Wildman–Crippen MR) is 198 cm³/mol. The summed E-state index contributed by atoms with van der Waals surface area (Å²) in [5.41, 5.74) is 5.69. The van der Waals surface area contributed by atoms with E-state index < -0.39 is 5.92 Å². The van der Waals surface area contributed by atoms with E-state index in [-0.39, 0.29) is 21.2 Å². The van der Waals surface area contributed by atoms with Gasteiger partial charge in [-0.2, -0.15) is 8.78 Å². The summed E-state index contributed by atoms with van der Waals surface area (Å²) in [6.45, 7) is 0. The van der Waals surface area contributed by atoms with Gasteiger partial charge >= 0.3 is 0 Å². The summed E-state index contributed by atoms with van der Waals surface area (Å²) in [6.07, 6.45) is 0. The second-order valence-electron chi connectivity index (χ2n) is 11.8. The monoisotopic (exact) mass is 671 g/mol. The van der Waals surface area contributed by atoms with Crippen LogP contribution in [-0.2, 0) is 5.92 Å². The van der Waals surface area contributed by atoms with Gasteiger partial charge in [-0.25, -0.2) is 15.0 Å². The fourth-order valence-corrected chi connectivity index (χ4v) is 6.81. The number of rotatable bonds is 6. The number of halogens is 2. The van der Waals surface area contributed by atoms with Gasteiger partial charge in [0.15, 0.2) is 17.5 Å². The molecule has 50 heavy (non-hydrogen) atoms. The molecular formula is C42H27F2N5S. The first-order valence-electron chi connectivity index (χ1n) is 15.9. The zero-order valence-electron chi connectivity index (χ0n) is 26.4. The highest BCUT2D eigenvalue weighted by atomic mass is 32.2. The van der Waals surface area contributed by atoms with Gasteiger partial charge in [-0.3, -0.25) is 10.8 Å². The maximum Gasteiger partial charge on any atom is 0.299 e. The van der Waals surface area contributed by atoms with Crippen LogP contribution in [0.1, 0.15) is 22.3 Å². The fraction of sp³-hybridized carbons (Fsp3) is 0.0238. The van der Waals surface area contributed by atoms with E-state index in [9.17, 15) is 0 Å². The minimum atomic E-state index is -3.25. The minimum absolute atomic E-state index is 0.0589. The van der Waals surface area contributed by atoms with E-state index in [1.165, 1.54) is 6.07 Å². The average Bonchev–Trinajstić information content (AvgIpc) is 3.40. The first-order valence-corrected chi connectivity index (χ1v) is 16.7. The Bertz CT molecular complexity index is 2340. The zero-order valence-corrected chi connectivity index (χ0v) is 27.3. The summed E-state index contributed by atoms with van der Waals surface area (Å²) < 4.78 is 32.7. The maximum absolute atomic E-state index is 16.3. The summed E-state index contributed by atoms with van der Waals surface area (Å²) in [7, 11) is 0. The Morgan fingerprint density at radius 1 is 0.440 bits per heavy atom. The topological polar surface area (TPSA) is 86.4 Å². The summed E-state index contributed by atoms with van der Waals surface area (Å²) in [6, 6.07) is 45.8. The molecule has 0 fully saturated rings. The van der Waals surface area contributed by atoms with Gasteiger partial charge in [0, 0.05) is 38.9 Å². The second kappa shape index (κ2) is 12.7. The molecule has 0 radical (unpaired) electrons. The molecule has 0 saturated carbocycles. The molecular weight excluding hydrogens is 645 g/mol. The van der Waals surface area contributed by atoms with E-state index in [2.05, 4.69) is 0 Å². The molecule has 240 valence electrons. The Hall–Kier alpha value is -6.12. The van der Waals surface area contributed by atoms with E-state index in [0.29, 0.717) is 45.3 Å². The number of hydrogen-bond acceptors (Lipinski definition) is 6. The number of aromatic nitrogens is 3. The molecule has 1 aliphatic rings. The van der Waals surface area contributed by atoms with Crippen LogP contribution in [0.15, 0.2) is 152 Å². The van der Waals surface area contributed by atoms with Crippen LogP contribution in [0.5, 0.6) is 0 Å². The molecule has 0 amide bonds. The number of benzene rings is 6. The van der Waals surface area contributed by atoms with Crippen molar-refractivity contribution in [2.45, 2.75) is 5.92 Å². The van der Waals surface area contributed by atoms with Crippen molar-refractivity contribution in [1.82, 2.24) is 15.0 Å². The van der Waals surface area contributed by atoms with Crippen LogP contribution in [0, 0.1) is 10.8 Å². The number of thioether (sulfide) groups is 1. The van der Waals surface area contributed by atoms with Gasteiger partial charge in [-0.05, 0) is 34.4 Å². The van der Waals surface area contributed by atoms with Crippen LogP contribution < -0.4 is 0 Å². The van der Waals surface area contributed by atoms with Crippen LogP contribution in [0.3, 0.4) is 0 Å². The number of alkyl halides is 2. The minimum Gasteiger partial charge on any atom is -0.293 e. The van der Waals surface area contributed by atoms with Crippen LogP contribution in [0.4, 0.5) is 8.78 Å². The molecule has 0 bridgehead atoms. The first kappa shape index (κ1) is 31.2. The Morgan fingerprint density at radius 3 is 1.36 bits per heavy atom. The maximum atomic E-state index is 16.3. The van der Waals surface area contributed by atoms with Crippen molar-refractivity contribution in [2.24, 2.45) is 0 Å². The van der Waals surface area contributed by atoms with Crippen molar-refractivity contribution < 1.29 is 8.78 Å². The van der Waals surface area contributed by atoms with Gasteiger partial charge in [0.25, 0.3) is 5.92 Å². The van der Waals surface area contributed by atoms with E-state index in [1.807, 2.05) is 109 Å². The van der Waals surface area contributed by atoms with Crippen LogP contribution in [-0.4, -0.2) is 25.0 Å². The van der Waals surface area contributed by atoms with Crippen molar-refractivity contribution in [3.8, 4) is 56.4 Å². The lowest BCUT2D eigenvalue weighted by molar-refractivity contribution is 0.0481. The van der Waals surface area contributed by atoms with Crippen LogP contribution >= 0.6 is 11.8 Å². The molecule has 1 heterocycles. The van der Waals surface area contributed by atoms with E-state index >= 15 is 8.78 Å². The lowest BCUT2D eigenvalue weighted by Gasteiger charge is -2.14. The smallest absolute Gasteiger partial charge is 0.293 e. The van der Waals surface area contributed by atoms with Crippen molar-refractivity contribution in [3.63, 3.8) is 0 Å². The van der Waals surface area contributed by atoms with Gasteiger partial charge in [-0.15, -0.1) is 0 Å². The lowest BCUT2D eigenvalue weighted by Crippen LogP contribution is -2.11. The third kappa shape index (κ3) is 5.80. The van der Waals surface area contributed by atoms with Crippen molar-refractivity contribution in [3.05, 3.63) is 174 Å². The second-order valence-corrected chi connectivity index (χ2v) is 12.9. The molecule has 5 nitrogen and oxygen atoms in total. The standard InChI is InChI=1S/C42H27F2N5S/c43-42(44)35-24-31(26-16-18-28(19-17-26)38(46)50-37(45)27-10-4-1-5-11-27)20-22-33(35)34-23-21-32(25-36(34)42)41-48-39(29-12-6-2-7-13-29)47-40(49-41)30-14-8-3-9-15-30/h1-25,45-46H. The molecule has 8 heteroatoms. The molecule has 7 aromatic rings. The molecule has 0 atom stereocenters. The number of nitrogens with zero attached hydrogens (tertiary/aromatic N) is 3. The lowest BCUT2D eigenvalue weighted by atomic mass is 9.98. The van der Waals surface area contributed by atoms with E-state index in [1.54, 1.807) is 36.4 Å². The molecule has 1 aliphatic carbocycles. The van der Waals surface area contributed by atoms with E-state index in [4.69, 9.17) is 25.8 Å². The van der Waals surface area contributed by atoms with Crippen molar-refractivity contribution >= 4 is 21.8 Å². The Balaban J connectivity index is 1.10.